The van der Waals surface area contributed by atoms with Crippen molar-refractivity contribution in [2.24, 2.45) is 0 Å². The molecule has 0 unspecified atom stereocenters. The second-order valence-corrected chi connectivity index (χ2v) is 11.9. The fourth-order valence-corrected chi connectivity index (χ4v) is 5.64. The summed E-state index contributed by atoms with van der Waals surface area (Å²) in [7, 11) is -7.71. The van der Waals surface area contributed by atoms with Gasteiger partial charge in [0.15, 0.2) is 11.5 Å². The average molecular weight is 549 g/mol. The normalized spacial score (nSPS) is 12.0. The van der Waals surface area contributed by atoms with Gasteiger partial charge in [0, 0.05) is 0 Å². The fourth-order valence-electron chi connectivity index (χ4n) is 2.69. The molecule has 0 atom stereocenters. The van der Waals surface area contributed by atoms with Crippen molar-refractivity contribution in [3.05, 3.63) is 59.7 Å². The lowest BCUT2D eigenvalue weighted by Gasteiger charge is -2.12. The molecule has 0 aliphatic carbocycles. The van der Waals surface area contributed by atoms with Crippen LogP contribution in [-0.2, 0) is 24.7 Å². The minimum Gasteiger partial charge on any atom is -0.490 e. The maximum atomic E-state index is 12.6. The molecule has 14 heteroatoms. The Balaban J connectivity index is 1.85. The average Bonchev–Trinajstić information content (AvgIpc) is 3.34. The third kappa shape index (κ3) is 6.45. The van der Waals surface area contributed by atoms with Crippen LogP contribution in [0.15, 0.2) is 63.3 Å². The Labute approximate surface area is 212 Å². The molecular formula is C22H20N4O7S3. The molecular weight excluding hydrogens is 528 g/mol. The summed E-state index contributed by atoms with van der Waals surface area (Å²) >= 11 is 0.669. The van der Waals surface area contributed by atoms with Gasteiger partial charge in [-0.25, -0.2) is 8.42 Å². The van der Waals surface area contributed by atoms with Crippen molar-refractivity contribution in [3.63, 3.8) is 0 Å². The summed E-state index contributed by atoms with van der Waals surface area (Å²) in [5, 5.41) is 18.9. The summed E-state index contributed by atoms with van der Waals surface area (Å²) in [5.41, 5.74) is 0.0271. The lowest BCUT2D eigenvalue weighted by molar-refractivity contribution is -0.112. The number of carbonyl (C=O) groups is 1. The summed E-state index contributed by atoms with van der Waals surface area (Å²) in [6.07, 6.45) is 1.25. The number of rotatable bonds is 10. The quantitative estimate of drug-likeness (QED) is 0.172. The van der Waals surface area contributed by atoms with E-state index in [-0.39, 0.29) is 43.8 Å². The van der Waals surface area contributed by atoms with E-state index in [2.05, 4.69) is 15.5 Å². The van der Waals surface area contributed by atoms with Crippen LogP contribution in [0.25, 0.3) is 6.08 Å². The number of hydrogen-bond donors (Lipinski definition) is 1. The molecule has 0 aliphatic heterocycles. The minimum absolute atomic E-state index is 0.0357. The lowest BCUT2D eigenvalue weighted by atomic mass is 10.1. The van der Waals surface area contributed by atoms with Crippen LogP contribution in [-0.4, -0.2) is 45.3 Å². The Morgan fingerprint density at radius 1 is 1.08 bits per heavy atom. The van der Waals surface area contributed by atoms with Gasteiger partial charge >= 0.3 is 10.1 Å². The monoisotopic (exact) mass is 548 g/mol. The maximum Gasteiger partial charge on any atom is 0.339 e. The van der Waals surface area contributed by atoms with E-state index in [0.717, 1.165) is 0 Å². The number of hydrogen-bond acceptors (Lipinski definition) is 11. The first kappa shape index (κ1) is 26.8. The van der Waals surface area contributed by atoms with Crippen LogP contribution in [0.4, 0.5) is 5.13 Å². The Bertz CT molecular complexity index is 1540. The lowest BCUT2D eigenvalue weighted by Crippen LogP contribution is -2.13. The molecule has 1 amide bonds. The summed E-state index contributed by atoms with van der Waals surface area (Å²) in [4.78, 5) is 12.5. The van der Waals surface area contributed by atoms with E-state index in [4.69, 9.17) is 8.92 Å². The van der Waals surface area contributed by atoms with Crippen molar-refractivity contribution in [1.29, 1.82) is 5.26 Å². The predicted molar refractivity (Wildman–Crippen MR) is 132 cm³/mol. The van der Waals surface area contributed by atoms with E-state index >= 15 is 0 Å². The van der Waals surface area contributed by atoms with Crippen LogP contribution in [0.5, 0.6) is 11.5 Å². The van der Waals surface area contributed by atoms with Gasteiger partial charge in [0.05, 0.1) is 12.4 Å². The summed E-state index contributed by atoms with van der Waals surface area (Å²) in [6, 6.07) is 13.6. The number of aromatic nitrogens is 2. The smallest absolute Gasteiger partial charge is 0.339 e. The topological polar surface area (TPSA) is 165 Å². The molecule has 11 nitrogen and oxygen atoms in total. The zero-order valence-electron chi connectivity index (χ0n) is 19.0. The first-order chi connectivity index (χ1) is 17.1. The standard InChI is InChI=1S/C22H20N4O7S3/c1-3-32-19-13-15(10-11-18(19)33-36(30,31)17-8-6-5-7-9-17)12-16(14-23)20(27)24-21-25-26-22(34-21)35(28,29)4-2/h5-13H,3-4H2,1-2H3,(H,24,25,27)/b16-12-. The number of nitriles is 1. The fraction of sp³-hybridized carbons (Fsp3) is 0.182. The molecule has 0 bridgehead atoms. The minimum atomic E-state index is -4.12. The molecule has 3 rings (SSSR count). The Morgan fingerprint density at radius 3 is 2.44 bits per heavy atom. The predicted octanol–water partition coefficient (Wildman–Crippen LogP) is 3.04. The van der Waals surface area contributed by atoms with Crippen molar-refractivity contribution in [1.82, 2.24) is 10.2 Å². The van der Waals surface area contributed by atoms with E-state index in [1.165, 1.54) is 43.3 Å². The molecule has 2 aromatic carbocycles. The van der Waals surface area contributed by atoms with Gasteiger partial charge < -0.3 is 8.92 Å². The highest BCUT2D eigenvalue weighted by atomic mass is 32.2. The van der Waals surface area contributed by atoms with Gasteiger partial charge in [-0.2, -0.15) is 13.7 Å². The van der Waals surface area contributed by atoms with Crippen LogP contribution in [0.2, 0.25) is 0 Å². The first-order valence-electron chi connectivity index (χ1n) is 10.4. The summed E-state index contributed by atoms with van der Waals surface area (Å²) in [6.45, 7) is 3.34. The van der Waals surface area contributed by atoms with Crippen LogP contribution in [0, 0.1) is 11.3 Å². The second kappa shape index (κ2) is 11.3. The maximum absolute atomic E-state index is 12.6. The third-order valence-electron chi connectivity index (χ3n) is 4.45. The first-order valence-corrected chi connectivity index (χ1v) is 14.2. The molecule has 0 spiro atoms. The molecule has 36 heavy (non-hydrogen) atoms. The summed E-state index contributed by atoms with van der Waals surface area (Å²) in [5.74, 6) is -0.992. The van der Waals surface area contributed by atoms with Crippen LogP contribution in [0.3, 0.4) is 0 Å². The van der Waals surface area contributed by atoms with E-state index in [0.29, 0.717) is 16.9 Å². The molecule has 0 aliphatic rings. The second-order valence-electron chi connectivity index (χ2n) is 6.89. The van der Waals surface area contributed by atoms with Crippen molar-refractivity contribution in [2.75, 3.05) is 17.7 Å². The summed E-state index contributed by atoms with van der Waals surface area (Å²) < 4.78 is 59.4. The molecule has 188 valence electrons. The number of carbonyl (C=O) groups excluding carboxylic acids is 1. The third-order valence-corrected chi connectivity index (χ3v) is 8.72. The van der Waals surface area contributed by atoms with Gasteiger partial charge in [-0.05, 0) is 42.8 Å². The van der Waals surface area contributed by atoms with Gasteiger partial charge in [-0.3, -0.25) is 10.1 Å². The van der Waals surface area contributed by atoms with Gasteiger partial charge in [-0.15, -0.1) is 10.2 Å². The molecule has 0 saturated carbocycles. The van der Waals surface area contributed by atoms with Crippen molar-refractivity contribution in [3.8, 4) is 17.6 Å². The highest BCUT2D eigenvalue weighted by Crippen LogP contribution is 2.32. The van der Waals surface area contributed by atoms with Crippen molar-refractivity contribution >= 4 is 48.4 Å². The van der Waals surface area contributed by atoms with Crippen LogP contribution in [0.1, 0.15) is 19.4 Å². The van der Waals surface area contributed by atoms with Crippen LogP contribution >= 0.6 is 11.3 Å². The SMILES string of the molecule is CCOc1cc(/C=C(/C#N)C(=O)Nc2nnc(S(=O)(=O)CC)s2)ccc1OS(=O)(=O)c1ccccc1. The number of nitrogens with zero attached hydrogens (tertiary/aromatic N) is 3. The van der Waals surface area contributed by atoms with Gasteiger partial charge in [-0.1, -0.05) is 42.5 Å². The Hall–Kier alpha value is -3.80. The molecule has 0 saturated heterocycles. The molecule has 1 aromatic heterocycles. The van der Waals surface area contributed by atoms with E-state index in [1.807, 2.05) is 0 Å². The van der Waals surface area contributed by atoms with E-state index < -0.39 is 25.9 Å². The highest BCUT2D eigenvalue weighted by Gasteiger charge is 2.21. The van der Waals surface area contributed by atoms with E-state index in [1.54, 1.807) is 31.2 Å². The largest absolute Gasteiger partial charge is 0.490 e. The number of ether oxygens (including phenoxy) is 1. The highest BCUT2D eigenvalue weighted by molar-refractivity contribution is 7.93. The molecule has 0 fully saturated rings. The molecule has 0 radical (unpaired) electrons. The molecule has 1 N–H and O–H groups in total. The number of amides is 1. The Kier molecular flexibility index (Phi) is 8.41. The number of anilines is 1. The van der Waals surface area contributed by atoms with Gasteiger partial charge in [0.1, 0.15) is 16.5 Å². The number of nitrogens with one attached hydrogen (secondary N) is 1. The van der Waals surface area contributed by atoms with Gasteiger partial charge in [0.2, 0.25) is 19.3 Å². The number of sulfone groups is 1. The van der Waals surface area contributed by atoms with Crippen molar-refractivity contribution in [2.45, 2.75) is 23.1 Å². The molecule has 1 heterocycles. The van der Waals surface area contributed by atoms with Gasteiger partial charge in [0.25, 0.3) is 5.91 Å². The van der Waals surface area contributed by atoms with Crippen molar-refractivity contribution < 1.29 is 30.6 Å². The zero-order chi connectivity index (χ0) is 26.3. The van der Waals surface area contributed by atoms with Crippen LogP contribution < -0.4 is 14.2 Å². The van der Waals surface area contributed by atoms with E-state index in [9.17, 15) is 26.9 Å². The zero-order valence-corrected chi connectivity index (χ0v) is 21.5. The number of benzene rings is 2. The molecule has 3 aromatic rings. The Morgan fingerprint density at radius 2 is 1.81 bits per heavy atom.